The molecule has 4 heteroatoms. The molecule has 0 saturated carbocycles. The first-order valence-electron chi connectivity index (χ1n) is 7.25. The molecule has 0 unspecified atom stereocenters. The molecular formula is C18H17ClN2S. The summed E-state index contributed by atoms with van der Waals surface area (Å²) in [6, 6.07) is 16.4. The second-order valence-corrected chi connectivity index (χ2v) is 6.54. The molecule has 0 saturated heterocycles. The van der Waals surface area contributed by atoms with Crippen LogP contribution in [0, 0.1) is 6.92 Å². The average Bonchev–Trinajstić information content (AvgIpc) is 2.93. The lowest BCUT2D eigenvalue weighted by atomic mass is 10.1. The quantitative estimate of drug-likeness (QED) is 0.647. The summed E-state index contributed by atoms with van der Waals surface area (Å²) in [6.45, 7) is 5.04. The van der Waals surface area contributed by atoms with Gasteiger partial charge in [0.15, 0.2) is 5.13 Å². The molecule has 3 rings (SSSR count). The zero-order valence-corrected chi connectivity index (χ0v) is 14.1. The van der Waals surface area contributed by atoms with Crippen LogP contribution in [0.5, 0.6) is 0 Å². The van der Waals surface area contributed by atoms with E-state index in [1.807, 2.05) is 24.3 Å². The number of rotatable bonds is 4. The van der Waals surface area contributed by atoms with Gasteiger partial charge in [-0.2, -0.15) is 0 Å². The Labute approximate surface area is 139 Å². The number of nitrogens with one attached hydrogen (secondary N) is 1. The minimum absolute atomic E-state index is 0.739. The van der Waals surface area contributed by atoms with Crippen molar-refractivity contribution < 1.29 is 0 Å². The second-order valence-electron chi connectivity index (χ2n) is 5.10. The van der Waals surface area contributed by atoms with Crippen molar-refractivity contribution in [1.29, 1.82) is 0 Å². The summed E-state index contributed by atoms with van der Waals surface area (Å²) in [5.41, 5.74) is 4.53. The third-order valence-corrected chi connectivity index (χ3v) is 4.70. The Kier molecular flexibility index (Phi) is 4.46. The number of benzene rings is 2. The number of aryl methyl sites for hydroxylation is 1. The Morgan fingerprint density at radius 1 is 1.00 bits per heavy atom. The first kappa shape index (κ1) is 15.1. The maximum Gasteiger partial charge on any atom is 0.183 e. The molecule has 2 nitrogen and oxygen atoms in total. The highest BCUT2D eigenvalue weighted by atomic mass is 35.5. The molecule has 0 aliphatic carbocycles. The van der Waals surface area contributed by atoms with Crippen molar-refractivity contribution in [3.63, 3.8) is 0 Å². The van der Waals surface area contributed by atoms with Gasteiger partial charge < -0.3 is 5.32 Å². The number of hydrogen-bond acceptors (Lipinski definition) is 3. The van der Waals surface area contributed by atoms with Crippen molar-refractivity contribution in [2.24, 2.45) is 0 Å². The molecule has 0 radical (unpaired) electrons. The summed E-state index contributed by atoms with van der Waals surface area (Å²) < 4.78 is 0. The molecule has 2 aromatic carbocycles. The van der Waals surface area contributed by atoms with Crippen LogP contribution in [0.4, 0.5) is 5.13 Å². The van der Waals surface area contributed by atoms with Gasteiger partial charge in [0.05, 0.1) is 10.6 Å². The van der Waals surface area contributed by atoms with Crippen LogP contribution in [0.3, 0.4) is 0 Å². The highest BCUT2D eigenvalue weighted by Gasteiger charge is 2.14. The number of halogens is 1. The van der Waals surface area contributed by atoms with E-state index in [4.69, 9.17) is 16.6 Å². The average molecular weight is 329 g/mol. The standard InChI is InChI=1S/C18H17ClN2S/c1-3-20-18-21-16(13-8-10-15(19)11-9-13)17(22-18)14-6-4-12(2)5-7-14/h4-11H,3H2,1-2H3,(H,20,21). The molecule has 1 heterocycles. The van der Waals surface area contributed by atoms with Gasteiger partial charge in [0.1, 0.15) is 0 Å². The van der Waals surface area contributed by atoms with Gasteiger partial charge >= 0.3 is 0 Å². The molecule has 1 N–H and O–H groups in total. The minimum Gasteiger partial charge on any atom is -0.362 e. The molecule has 0 spiro atoms. The lowest BCUT2D eigenvalue weighted by Gasteiger charge is -2.03. The summed E-state index contributed by atoms with van der Waals surface area (Å²) in [5.74, 6) is 0. The van der Waals surface area contributed by atoms with Gasteiger partial charge in [-0.3, -0.25) is 0 Å². The minimum atomic E-state index is 0.739. The first-order valence-corrected chi connectivity index (χ1v) is 8.44. The predicted molar refractivity (Wildman–Crippen MR) is 96.9 cm³/mol. The zero-order chi connectivity index (χ0) is 15.5. The topological polar surface area (TPSA) is 24.9 Å². The zero-order valence-electron chi connectivity index (χ0n) is 12.6. The summed E-state index contributed by atoms with van der Waals surface area (Å²) >= 11 is 7.68. The monoisotopic (exact) mass is 328 g/mol. The second kappa shape index (κ2) is 6.51. The van der Waals surface area contributed by atoms with Gasteiger partial charge in [0, 0.05) is 17.1 Å². The number of aromatic nitrogens is 1. The largest absolute Gasteiger partial charge is 0.362 e. The van der Waals surface area contributed by atoms with Crippen molar-refractivity contribution >= 4 is 28.1 Å². The number of hydrogen-bond donors (Lipinski definition) is 1. The highest BCUT2D eigenvalue weighted by molar-refractivity contribution is 7.19. The van der Waals surface area contributed by atoms with E-state index in [0.717, 1.165) is 28.0 Å². The Hall–Kier alpha value is -1.84. The Morgan fingerprint density at radius 3 is 2.27 bits per heavy atom. The summed E-state index contributed by atoms with van der Waals surface area (Å²) in [6.07, 6.45) is 0. The van der Waals surface area contributed by atoms with E-state index in [1.54, 1.807) is 11.3 Å². The Bertz CT molecular complexity index is 698. The predicted octanol–water partition coefficient (Wildman–Crippen LogP) is 5.87. The van der Waals surface area contributed by atoms with E-state index in [9.17, 15) is 0 Å². The molecule has 0 aliphatic rings. The van der Waals surface area contributed by atoms with Crippen molar-refractivity contribution in [1.82, 2.24) is 4.98 Å². The molecule has 112 valence electrons. The van der Waals surface area contributed by atoms with Crippen LogP contribution in [0.25, 0.3) is 21.7 Å². The lowest BCUT2D eigenvalue weighted by Crippen LogP contribution is -1.94. The van der Waals surface area contributed by atoms with Crippen molar-refractivity contribution in [3.05, 3.63) is 59.1 Å². The normalized spacial score (nSPS) is 10.7. The first-order chi connectivity index (χ1) is 10.7. The van der Waals surface area contributed by atoms with E-state index >= 15 is 0 Å². The van der Waals surface area contributed by atoms with Crippen molar-refractivity contribution in [2.75, 3.05) is 11.9 Å². The van der Waals surface area contributed by atoms with E-state index in [2.05, 4.69) is 43.4 Å². The molecule has 1 aromatic heterocycles. The van der Waals surface area contributed by atoms with Crippen LogP contribution >= 0.6 is 22.9 Å². The molecule has 0 atom stereocenters. The highest BCUT2D eigenvalue weighted by Crippen LogP contribution is 2.39. The van der Waals surface area contributed by atoms with E-state index < -0.39 is 0 Å². The van der Waals surface area contributed by atoms with E-state index in [0.29, 0.717) is 0 Å². The van der Waals surface area contributed by atoms with Crippen LogP contribution in [0.1, 0.15) is 12.5 Å². The molecule has 3 aromatic rings. The van der Waals surface area contributed by atoms with Gasteiger partial charge in [0.25, 0.3) is 0 Å². The Balaban J connectivity index is 2.11. The van der Waals surface area contributed by atoms with Gasteiger partial charge in [-0.1, -0.05) is 64.9 Å². The van der Waals surface area contributed by atoms with Crippen LogP contribution < -0.4 is 5.32 Å². The summed E-state index contributed by atoms with van der Waals surface area (Å²) in [5, 5.41) is 5.00. The molecule has 0 bridgehead atoms. The fourth-order valence-electron chi connectivity index (χ4n) is 2.25. The van der Waals surface area contributed by atoms with E-state index in [1.165, 1.54) is 16.0 Å². The summed E-state index contributed by atoms with van der Waals surface area (Å²) in [4.78, 5) is 5.94. The maximum absolute atomic E-state index is 6.00. The number of thiazole rings is 1. The fourth-order valence-corrected chi connectivity index (χ4v) is 3.44. The third kappa shape index (κ3) is 3.16. The van der Waals surface area contributed by atoms with Crippen molar-refractivity contribution in [3.8, 4) is 21.7 Å². The number of anilines is 1. The van der Waals surface area contributed by atoms with Crippen molar-refractivity contribution in [2.45, 2.75) is 13.8 Å². The molecule has 0 aliphatic heterocycles. The molecule has 22 heavy (non-hydrogen) atoms. The molecular weight excluding hydrogens is 312 g/mol. The van der Waals surface area contributed by atoms with Crippen LogP contribution in [0.15, 0.2) is 48.5 Å². The maximum atomic E-state index is 6.00. The smallest absolute Gasteiger partial charge is 0.183 e. The van der Waals surface area contributed by atoms with Crippen LogP contribution in [-0.4, -0.2) is 11.5 Å². The van der Waals surface area contributed by atoms with E-state index in [-0.39, 0.29) is 0 Å². The number of nitrogens with zero attached hydrogens (tertiary/aromatic N) is 1. The fraction of sp³-hybridized carbons (Fsp3) is 0.167. The Morgan fingerprint density at radius 2 is 1.64 bits per heavy atom. The molecule has 0 fully saturated rings. The van der Waals surface area contributed by atoms with Gasteiger partial charge in [0.2, 0.25) is 0 Å². The molecule has 0 amide bonds. The summed E-state index contributed by atoms with van der Waals surface area (Å²) in [7, 11) is 0. The van der Waals surface area contributed by atoms with Gasteiger partial charge in [-0.25, -0.2) is 4.98 Å². The lowest BCUT2D eigenvalue weighted by molar-refractivity contribution is 1.19. The van der Waals surface area contributed by atoms with Crippen LogP contribution in [-0.2, 0) is 0 Å². The third-order valence-electron chi connectivity index (χ3n) is 3.39. The van der Waals surface area contributed by atoms with Gasteiger partial charge in [-0.15, -0.1) is 0 Å². The van der Waals surface area contributed by atoms with Crippen LogP contribution in [0.2, 0.25) is 5.02 Å². The van der Waals surface area contributed by atoms with Gasteiger partial charge in [-0.05, 0) is 31.5 Å². The SMILES string of the molecule is CCNc1nc(-c2ccc(Cl)cc2)c(-c2ccc(C)cc2)s1.